The van der Waals surface area contributed by atoms with E-state index in [1.807, 2.05) is 19.1 Å². The molecule has 3 nitrogen and oxygen atoms in total. The molecule has 16 heavy (non-hydrogen) atoms. The molecule has 0 bridgehead atoms. The molecule has 3 rings (SSSR count). The van der Waals surface area contributed by atoms with Crippen molar-refractivity contribution in [3.63, 3.8) is 0 Å². The fourth-order valence-corrected chi connectivity index (χ4v) is 2.21. The third-order valence-corrected chi connectivity index (χ3v) is 2.96. The minimum atomic E-state index is 0.348. The highest BCUT2D eigenvalue weighted by molar-refractivity contribution is 6.02. The summed E-state index contributed by atoms with van der Waals surface area (Å²) in [5.74, 6) is 0. The summed E-state index contributed by atoms with van der Waals surface area (Å²) in [5.41, 5.74) is 3.59. The Kier molecular flexibility index (Phi) is 1.86. The number of hydrogen-bond donors (Lipinski definition) is 0. The summed E-state index contributed by atoms with van der Waals surface area (Å²) in [7, 11) is 0. The average Bonchev–Trinajstić information content (AvgIpc) is 2.92. The van der Waals surface area contributed by atoms with Gasteiger partial charge in [0.05, 0.1) is 12.5 Å². The number of furan rings is 2. The Balaban J connectivity index is 2.56. The smallest absolute Gasteiger partial charge is 0.138 e. The van der Waals surface area contributed by atoms with Gasteiger partial charge >= 0.3 is 0 Å². The first-order valence-corrected chi connectivity index (χ1v) is 5.12. The summed E-state index contributed by atoms with van der Waals surface area (Å²) >= 11 is 0. The van der Waals surface area contributed by atoms with Crippen LogP contribution >= 0.6 is 0 Å². The van der Waals surface area contributed by atoms with Gasteiger partial charge in [-0.05, 0) is 19.1 Å². The number of fused-ring (bicyclic) bond motifs is 2. The lowest BCUT2D eigenvalue weighted by Crippen LogP contribution is -1.89. The molecule has 3 aromatic rings. The van der Waals surface area contributed by atoms with Gasteiger partial charge in [-0.25, -0.2) is 0 Å². The van der Waals surface area contributed by atoms with Crippen LogP contribution in [0.4, 0.5) is 0 Å². The molecule has 0 saturated carbocycles. The van der Waals surface area contributed by atoms with Gasteiger partial charge in [-0.1, -0.05) is 0 Å². The molecule has 1 aromatic carbocycles. The molecule has 2 heterocycles. The number of aldehydes is 1. The second-order valence-corrected chi connectivity index (χ2v) is 3.80. The first kappa shape index (κ1) is 9.21. The summed E-state index contributed by atoms with van der Waals surface area (Å²) in [6.07, 6.45) is 4.52. The number of carbonyl (C=O) groups is 1. The Morgan fingerprint density at radius 1 is 1.12 bits per heavy atom. The van der Waals surface area contributed by atoms with Crippen molar-refractivity contribution in [1.82, 2.24) is 0 Å². The van der Waals surface area contributed by atoms with Crippen LogP contribution in [0.15, 0.2) is 33.5 Å². The molecule has 0 radical (unpaired) electrons. The lowest BCUT2D eigenvalue weighted by Gasteiger charge is -2.03. The van der Waals surface area contributed by atoms with E-state index >= 15 is 0 Å². The predicted octanol–water partition coefficient (Wildman–Crippen LogP) is 3.23. The second-order valence-electron chi connectivity index (χ2n) is 3.80. The van der Waals surface area contributed by atoms with E-state index in [-0.39, 0.29) is 0 Å². The zero-order valence-corrected chi connectivity index (χ0v) is 8.82. The number of rotatable bonds is 2. The zero-order chi connectivity index (χ0) is 11.1. The third-order valence-electron chi connectivity index (χ3n) is 2.96. The lowest BCUT2D eigenvalue weighted by atomic mass is 10.0. The van der Waals surface area contributed by atoms with Crippen molar-refractivity contribution in [1.29, 1.82) is 0 Å². The molecule has 0 aliphatic heterocycles. The molecule has 0 spiro atoms. The molecule has 80 valence electrons. The maximum Gasteiger partial charge on any atom is 0.138 e. The maximum absolute atomic E-state index is 10.7. The van der Waals surface area contributed by atoms with Gasteiger partial charge in [0.2, 0.25) is 0 Å². The highest BCUT2D eigenvalue weighted by Gasteiger charge is 2.15. The minimum absolute atomic E-state index is 0.348. The van der Waals surface area contributed by atoms with Crippen LogP contribution in [0.5, 0.6) is 0 Å². The molecule has 0 fully saturated rings. The Morgan fingerprint density at radius 2 is 1.81 bits per heavy atom. The maximum atomic E-state index is 10.7. The van der Waals surface area contributed by atoms with Crippen molar-refractivity contribution in [3.05, 3.63) is 35.8 Å². The third kappa shape index (κ3) is 1.05. The summed E-state index contributed by atoms with van der Waals surface area (Å²) < 4.78 is 10.9. The SMILES string of the molecule is Cc1c2ccoc2c(CC=O)c2ccoc12. The summed E-state index contributed by atoms with van der Waals surface area (Å²) in [5, 5.41) is 1.98. The molecule has 2 aromatic heterocycles. The molecule has 0 aliphatic rings. The van der Waals surface area contributed by atoms with Crippen molar-refractivity contribution in [3.8, 4) is 0 Å². The summed E-state index contributed by atoms with van der Waals surface area (Å²) in [6, 6.07) is 3.78. The normalized spacial score (nSPS) is 11.3. The summed E-state index contributed by atoms with van der Waals surface area (Å²) in [4.78, 5) is 10.7. The molecule has 0 aliphatic carbocycles. The fourth-order valence-electron chi connectivity index (χ4n) is 2.21. The molecule has 0 unspecified atom stereocenters. The van der Waals surface area contributed by atoms with Gasteiger partial charge in [-0.3, -0.25) is 0 Å². The number of aryl methyl sites for hydroxylation is 1. The van der Waals surface area contributed by atoms with Gasteiger partial charge < -0.3 is 13.6 Å². The predicted molar refractivity (Wildman–Crippen MR) is 60.5 cm³/mol. The van der Waals surface area contributed by atoms with Gasteiger partial charge in [-0.15, -0.1) is 0 Å². The highest BCUT2D eigenvalue weighted by Crippen LogP contribution is 2.33. The standard InChI is InChI=1S/C13H10O3/c1-8-9-3-6-16-13(9)10(2-5-14)11-4-7-15-12(8)11/h3-7H,2H2,1H3. The van der Waals surface area contributed by atoms with Crippen molar-refractivity contribution >= 4 is 28.2 Å². The first-order valence-electron chi connectivity index (χ1n) is 5.12. The number of carbonyl (C=O) groups excluding carboxylic acids is 1. The Morgan fingerprint density at radius 3 is 2.56 bits per heavy atom. The van der Waals surface area contributed by atoms with Gasteiger partial charge in [0, 0.05) is 28.3 Å². The summed E-state index contributed by atoms with van der Waals surface area (Å²) in [6.45, 7) is 1.99. The van der Waals surface area contributed by atoms with E-state index in [9.17, 15) is 4.79 Å². The monoisotopic (exact) mass is 214 g/mol. The average molecular weight is 214 g/mol. The first-order chi connectivity index (χ1) is 7.83. The van der Waals surface area contributed by atoms with Gasteiger partial charge in [0.25, 0.3) is 0 Å². The van der Waals surface area contributed by atoms with Crippen LogP contribution < -0.4 is 0 Å². The minimum Gasteiger partial charge on any atom is -0.464 e. The van der Waals surface area contributed by atoms with Crippen molar-refractivity contribution in [2.45, 2.75) is 13.3 Å². The van der Waals surface area contributed by atoms with E-state index in [4.69, 9.17) is 8.83 Å². The van der Waals surface area contributed by atoms with Crippen molar-refractivity contribution in [2.24, 2.45) is 0 Å². The molecular weight excluding hydrogens is 204 g/mol. The van der Waals surface area contributed by atoms with Crippen molar-refractivity contribution < 1.29 is 13.6 Å². The Hall–Kier alpha value is -2.03. The molecule has 3 heteroatoms. The van der Waals surface area contributed by atoms with Crippen LogP contribution in [0.2, 0.25) is 0 Å². The van der Waals surface area contributed by atoms with E-state index in [1.165, 1.54) is 0 Å². The Labute approximate surface area is 91.6 Å². The number of benzene rings is 1. The van der Waals surface area contributed by atoms with Crippen LogP contribution in [0.1, 0.15) is 11.1 Å². The van der Waals surface area contributed by atoms with Crippen LogP contribution in [-0.4, -0.2) is 6.29 Å². The second kappa shape index (κ2) is 3.23. The van der Waals surface area contributed by atoms with E-state index in [0.29, 0.717) is 6.42 Å². The molecule has 0 saturated heterocycles. The largest absolute Gasteiger partial charge is 0.464 e. The highest BCUT2D eigenvalue weighted by atomic mass is 16.3. The molecule has 0 amide bonds. The lowest BCUT2D eigenvalue weighted by molar-refractivity contribution is -0.107. The fraction of sp³-hybridized carbons (Fsp3) is 0.154. The van der Waals surface area contributed by atoms with Gasteiger partial charge in [0.1, 0.15) is 17.5 Å². The number of hydrogen-bond acceptors (Lipinski definition) is 3. The van der Waals surface area contributed by atoms with E-state index < -0.39 is 0 Å². The quantitative estimate of drug-likeness (QED) is 0.615. The molecule has 0 N–H and O–H groups in total. The molecule has 0 atom stereocenters. The van der Waals surface area contributed by atoms with Crippen molar-refractivity contribution in [2.75, 3.05) is 0 Å². The van der Waals surface area contributed by atoms with Crippen LogP contribution in [-0.2, 0) is 11.2 Å². The topological polar surface area (TPSA) is 43.4 Å². The van der Waals surface area contributed by atoms with Crippen LogP contribution in [0.3, 0.4) is 0 Å². The van der Waals surface area contributed by atoms with Gasteiger partial charge in [0.15, 0.2) is 0 Å². The Bertz CT molecular complexity index is 621. The molecular formula is C13H10O3. The van der Waals surface area contributed by atoms with Crippen LogP contribution in [0, 0.1) is 6.92 Å². The zero-order valence-electron chi connectivity index (χ0n) is 8.82. The van der Waals surface area contributed by atoms with E-state index in [1.54, 1.807) is 12.5 Å². The van der Waals surface area contributed by atoms with E-state index in [0.717, 1.165) is 39.4 Å². The van der Waals surface area contributed by atoms with Crippen LogP contribution in [0.25, 0.3) is 21.9 Å². The van der Waals surface area contributed by atoms with E-state index in [2.05, 4.69) is 0 Å². The van der Waals surface area contributed by atoms with Gasteiger partial charge in [-0.2, -0.15) is 0 Å².